The van der Waals surface area contributed by atoms with Gasteiger partial charge < -0.3 is 52.3 Å². The topological polar surface area (TPSA) is 239 Å². The predicted molar refractivity (Wildman–Crippen MR) is 290 cm³/mol. The Morgan fingerprint density at radius 3 is 1.28 bits per heavy atom. The summed E-state index contributed by atoms with van der Waals surface area (Å²) < 4.78 is 0. The summed E-state index contributed by atoms with van der Waals surface area (Å²) in [7, 11) is 3.31. The van der Waals surface area contributed by atoms with Gasteiger partial charge in [0.2, 0.25) is 35.4 Å². The number of likely N-dealkylation sites (tertiary alicyclic amines) is 2. The highest BCUT2D eigenvalue weighted by atomic mass is 16.2. The molecule has 0 bridgehead atoms. The highest BCUT2D eigenvalue weighted by Crippen LogP contribution is 2.34. The van der Waals surface area contributed by atoms with Gasteiger partial charge in [0.05, 0.1) is 24.2 Å². The third-order valence-corrected chi connectivity index (χ3v) is 15.7. The van der Waals surface area contributed by atoms with Gasteiger partial charge in [-0.05, 0) is 131 Å². The van der Waals surface area contributed by atoms with E-state index in [1.54, 1.807) is 46.1 Å². The zero-order chi connectivity index (χ0) is 55.2. The molecule has 2 heterocycles. The van der Waals surface area contributed by atoms with E-state index in [0.29, 0.717) is 0 Å². The Morgan fingerprint density at radius 2 is 0.908 bits per heavy atom. The number of likely N-dealkylation sites (N-methyl/N-ethyl adjacent to an activating group) is 2. The second-order valence-electron chi connectivity index (χ2n) is 23.3. The van der Waals surface area contributed by atoms with Crippen LogP contribution < -0.4 is 42.5 Å². The Balaban J connectivity index is 1.09. The van der Waals surface area contributed by atoms with Gasteiger partial charge in [-0.15, -0.1) is 0 Å². The summed E-state index contributed by atoms with van der Waals surface area (Å²) in [6, 6.07) is 15.2. The minimum Gasteiger partial charge on any atom is -0.347 e. The molecule has 4 aliphatic rings. The fourth-order valence-corrected chi connectivity index (χ4v) is 11.0. The van der Waals surface area contributed by atoms with Crippen LogP contribution in [-0.4, -0.2) is 133 Å². The van der Waals surface area contributed by atoms with E-state index >= 15 is 0 Å². The van der Waals surface area contributed by atoms with Gasteiger partial charge in [0.25, 0.3) is 11.8 Å². The van der Waals surface area contributed by atoms with Crippen molar-refractivity contribution in [3.63, 3.8) is 0 Å². The molecule has 7 rings (SSSR count). The molecular formula is C58H80N10O8. The lowest BCUT2D eigenvalue weighted by molar-refractivity contribution is -0.144. The molecular weight excluding hydrogens is 965 g/mol. The van der Waals surface area contributed by atoms with E-state index in [0.717, 1.165) is 60.8 Å². The van der Waals surface area contributed by atoms with Crippen molar-refractivity contribution in [2.24, 2.45) is 10.8 Å². The SMILES string of the molecule is CN[C@@H](C)C(=O)N[C@@H](C(=O)N1C[C@@H](NC(=O)c2cccc(C(=O)N[C@H]3C[C@@H](C(=O)N[C@@H]4CCCc5ccccc54)N(C(=O)[C@H](NC(=O)[C@H](C)NC)C(C)(C)C)C3)c2)CC1C(=O)N[C@@H]1CCCc2ccccc21)C(C)(C)C. The number of fused-ring (bicyclic) bond motifs is 2. The number of nitrogens with zero attached hydrogens (tertiary/aromatic N) is 2. The number of nitrogens with one attached hydrogen (secondary N) is 8. The quantitative estimate of drug-likeness (QED) is 0.103. The lowest BCUT2D eigenvalue weighted by Gasteiger charge is -2.36. The molecule has 18 nitrogen and oxygen atoms in total. The summed E-state index contributed by atoms with van der Waals surface area (Å²) in [4.78, 5) is 116. The Labute approximate surface area is 447 Å². The number of hydrogen-bond donors (Lipinski definition) is 8. The van der Waals surface area contributed by atoms with Crippen LogP contribution in [0.5, 0.6) is 0 Å². The van der Waals surface area contributed by atoms with Gasteiger partial charge in [-0.2, -0.15) is 0 Å². The molecule has 410 valence electrons. The smallest absolute Gasteiger partial charge is 0.251 e. The van der Waals surface area contributed by atoms with Crippen molar-refractivity contribution < 1.29 is 38.4 Å². The first kappa shape index (κ1) is 57.1. The van der Waals surface area contributed by atoms with E-state index in [9.17, 15) is 38.4 Å². The Bertz CT molecular complexity index is 2490. The molecule has 0 spiro atoms. The molecule has 8 amide bonds. The zero-order valence-corrected chi connectivity index (χ0v) is 45.9. The monoisotopic (exact) mass is 1040 g/mol. The maximum absolute atomic E-state index is 14.7. The van der Waals surface area contributed by atoms with E-state index in [1.165, 1.54) is 15.9 Å². The Hall–Kier alpha value is -6.66. The molecule has 2 aliphatic carbocycles. The summed E-state index contributed by atoms with van der Waals surface area (Å²) >= 11 is 0. The normalized spacial score (nSPS) is 22.9. The van der Waals surface area contributed by atoms with Gasteiger partial charge >= 0.3 is 0 Å². The fourth-order valence-electron chi connectivity index (χ4n) is 11.0. The van der Waals surface area contributed by atoms with Crippen LogP contribution in [-0.2, 0) is 41.6 Å². The Kier molecular flexibility index (Phi) is 18.1. The van der Waals surface area contributed by atoms with E-state index < -0.39 is 82.8 Å². The van der Waals surface area contributed by atoms with Crippen molar-refractivity contribution >= 4 is 47.3 Å². The van der Waals surface area contributed by atoms with Crippen LogP contribution in [0.1, 0.15) is 149 Å². The van der Waals surface area contributed by atoms with Gasteiger partial charge in [-0.3, -0.25) is 38.4 Å². The number of rotatable bonds is 16. The van der Waals surface area contributed by atoms with Crippen molar-refractivity contribution in [3.8, 4) is 0 Å². The van der Waals surface area contributed by atoms with Crippen LogP contribution in [0.15, 0.2) is 72.8 Å². The van der Waals surface area contributed by atoms with Crippen molar-refractivity contribution in [3.05, 3.63) is 106 Å². The minimum absolute atomic E-state index is 0.0126. The van der Waals surface area contributed by atoms with Crippen LogP contribution in [0.3, 0.4) is 0 Å². The highest BCUT2D eigenvalue weighted by molar-refractivity contribution is 6.01. The second-order valence-corrected chi connectivity index (χ2v) is 23.3. The Morgan fingerprint density at radius 1 is 0.526 bits per heavy atom. The molecule has 3 aromatic carbocycles. The molecule has 0 radical (unpaired) electrons. The highest BCUT2D eigenvalue weighted by Gasteiger charge is 2.48. The number of carbonyl (C=O) groups is 8. The van der Waals surface area contributed by atoms with Crippen LogP contribution in [0.25, 0.3) is 0 Å². The largest absolute Gasteiger partial charge is 0.347 e. The van der Waals surface area contributed by atoms with E-state index in [-0.39, 0.29) is 72.8 Å². The van der Waals surface area contributed by atoms with Crippen LogP contribution in [0.2, 0.25) is 0 Å². The number of benzene rings is 3. The van der Waals surface area contributed by atoms with Gasteiger partial charge in [-0.25, -0.2) is 0 Å². The summed E-state index contributed by atoms with van der Waals surface area (Å²) in [5.74, 6) is -3.41. The van der Waals surface area contributed by atoms with Crippen molar-refractivity contribution in [2.75, 3.05) is 27.2 Å². The van der Waals surface area contributed by atoms with Gasteiger partial charge in [-0.1, -0.05) is 96.1 Å². The average Bonchev–Trinajstić information content (AvgIpc) is 4.03. The molecule has 0 saturated carbocycles. The predicted octanol–water partition coefficient (Wildman–Crippen LogP) is 3.75. The maximum atomic E-state index is 14.7. The van der Waals surface area contributed by atoms with Crippen molar-refractivity contribution in [1.29, 1.82) is 0 Å². The summed E-state index contributed by atoms with van der Waals surface area (Å²) in [5, 5.41) is 24.1. The number of hydrogen-bond acceptors (Lipinski definition) is 10. The van der Waals surface area contributed by atoms with Gasteiger partial charge in [0.15, 0.2) is 0 Å². The van der Waals surface area contributed by atoms with E-state index in [4.69, 9.17) is 0 Å². The molecule has 2 fully saturated rings. The lowest BCUT2D eigenvalue weighted by Crippen LogP contribution is -2.59. The zero-order valence-electron chi connectivity index (χ0n) is 45.9. The summed E-state index contributed by atoms with van der Waals surface area (Å²) in [6.45, 7) is 14.4. The standard InChI is InChI=1S/C58H80N10O8/c1-33(59-9)49(69)65-47(57(3,4)5)55(75)67-31-39(29-45(67)53(73)63-43-26-16-20-35-18-11-13-24-41(35)43)61-51(71)37-22-15-23-38(28-37)52(72)62-40-30-46(54(74)64-44-27-17-21-36-19-12-14-25-42(36)44)68(32-40)56(76)48(58(6,7)8)66-50(70)34(2)60-10/h11-15,18-19,22-25,28,33-34,39-40,43-48,59-60H,16-17,20-21,26-27,29-32H2,1-10H3,(H,61,71)(H,62,72)(H,63,73)(H,64,74)(H,65,69)(H,66,70)/t33-,34-,39-,40-,43+,44+,45-,46?,47-,48-/m0/s1. The van der Waals surface area contributed by atoms with Crippen LogP contribution >= 0.6 is 0 Å². The third-order valence-electron chi connectivity index (χ3n) is 15.7. The molecule has 2 aliphatic heterocycles. The molecule has 3 aromatic rings. The van der Waals surface area contributed by atoms with E-state index in [2.05, 4.69) is 54.7 Å². The molecule has 0 aromatic heterocycles. The second kappa shape index (κ2) is 24.1. The van der Waals surface area contributed by atoms with Crippen LogP contribution in [0, 0.1) is 10.8 Å². The number of carbonyl (C=O) groups excluding carboxylic acids is 8. The molecule has 76 heavy (non-hydrogen) atoms. The van der Waals surface area contributed by atoms with Crippen molar-refractivity contribution in [2.45, 2.75) is 167 Å². The third kappa shape index (κ3) is 13.3. The molecule has 10 atom stereocenters. The van der Waals surface area contributed by atoms with Gasteiger partial charge in [0, 0.05) is 36.3 Å². The fraction of sp³-hybridized carbons (Fsp3) is 0.552. The molecule has 1 unspecified atom stereocenters. The summed E-state index contributed by atoms with van der Waals surface area (Å²) in [5.41, 5.74) is 3.22. The first-order valence-corrected chi connectivity index (χ1v) is 27.0. The lowest BCUT2D eigenvalue weighted by atomic mass is 9.85. The minimum atomic E-state index is -0.997. The van der Waals surface area contributed by atoms with E-state index in [1.807, 2.05) is 77.9 Å². The first-order valence-electron chi connectivity index (χ1n) is 27.0. The number of amides is 8. The summed E-state index contributed by atoms with van der Waals surface area (Å²) in [6.07, 6.45) is 5.23. The maximum Gasteiger partial charge on any atom is 0.251 e. The van der Waals surface area contributed by atoms with Crippen LogP contribution in [0.4, 0.5) is 0 Å². The number of aryl methyl sites for hydroxylation is 2. The average molecular weight is 1050 g/mol. The molecule has 18 heteroatoms. The first-order chi connectivity index (χ1) is 36.0. The molecule has 2 saturated heterocycles. The molecule has 8 N–H and O–H groups in total. The van der Waals surface area contributed by atoms with Crippen molar-refractivity contribution in [1.82, 2.24) is 52.3 Å². The van der Waals surface area contributed by atoms with Gasteiger partial charge in [0.1, 0.15) is 24.2 Å².